The Hall–Kier alpha value is -2.15. The van der Waals surface area contributed by atoms with Crippen LogP contribution in [-0.2, 0) is 7.05 Å². The van der Waals surface area contributed by atoms with Crippen molar-refractivity contribution >= 4 is 10.8 Å². The van der Waals surface area contributed by atoms with E-state index < -0.39 is 0 Å². The highest BCUT2D eigenvalue weighted by Crippen LogP contribution is 2.30. The quantitative estimate of drug-likeness (QED) is 0.577. The molecule has 1 aromatic heterocycles. The van der Waals surface area contributed by atoms with E-state index in [1.165, 1.54) is 38.9 Å². The van der Waals surface area contributed by atoms with Crippen LogP contribution in [0, 0.1) is 20.8 Å². The molecule has 0 aliphatic carbocycles. The summed E-state index contributed by atoms with van der Waals surface area (Å²) < 4.78 is 2.32. The molecule has 3 rings (SSSR count). The minimum Gasteiger partial charge on any atom is -0.198 e. The fourth-order valence-corrected chi connectivity index (χ4v) is 2.98. The maximum absolute atomic E-state index is 2.32. The minimum absolute atomic E-state index is 1.31. The first-order valence-corrected chi connectivity index (χ1v) is 7.05. The molecule has 0 atom stereocenters. The number of benzene rings is 2. The molecular weight excluding hydrogens is 242 g/mol. The number of nitrogens with zero attached hydrogens (tertiary/aromatic N) is 1. The van der Waals surface area contributed by atoms with Crippen LogP contribution in [-0.4, -0.2) is 0 Å². The van der Waals surface area contributed by atoms with Crippen molar-refractivity contribution in [2.24, 2.45) is 7.05 Å². The molecule has 1 nitrogen and oxygen atoms in total. The first kappa shape index (κ1) is 12.9. The number of rotatable bonds is 1. The summed E-state index contributed by atoms with van der Waals surface area (Å²) in [6, 6.07) is 17.3. The Balaban J connectivity index is 2.51. The Kier molecular flexibility index (Phi) is 3.06. The monoisotopic (exact) mass is 262 g/mol. The van der Waals surface area contributed by atoms with E-state index in [9.17, 15) is 0 Å². The highest BCUT2D eigenvalue weighted by atomic mass is 14.9. The molecule has 0 aliphatic heterocycles. The van der Waals surface area contributed by atoms with Crippen molar-refractivity contribution in [3.63, 3.8) is 0 Å². The molecule has 0 unspecified atom stereocenters. The van der Waals surface area contributed by atoms with Crippen LogP contribution < -0.4 is 4.57 Å². The third-order valence-electron chi connectivity index (χ3n) is 4.37. The summed E-state index contributed by atoms with van der Waals surface area (Å²) in [7, 11) is 2.16. The van der Waals surface area contributed by atoms with Crippen molar-refractivity contribution in [2.75, 3.05) is 0 Å². The normalized spacial score (nSPS) is 11.0. The van der Waals surface area contributed by atoms with Crippen molar-refractivity contribution < 1.29 is 4.57 Å². The largest absolute Gasteiger partial charge is 0.220 e. The Morgan fingerprint density at radius 3 is 2.05 bits per heavy atom. The van der Waals surface area contributed by atoms with Crippen LogP contribution in [0.15, 0.2) is 48.5 Å². The van der Waals surface area contributed by atoms with E-state index in [1.54, 1.807) is 0 Å². The van der Waals surface area contributed by atoms with Gasteiger partial charge in [-0.3, -0.25) is 0 Å². The first-order chi connectivity index (χ1) is 9.61. The number of aryl methyl sites for hydroxylation is 2. The van der Waals surface area contributed by atoms with Crippen LogP contribution in [0.25, 0.3) is 22.0 Å². The number of fused-ring (bicyclic) bond motifs is 1. The highest BCUT2D eigenvalue weighted by Gasteiger charge is 2.21. The zero-order chi connectivity index (χ0) is 14.3. The topological polar surface area (TPSA) is 3.88 Å². The maximum Gasteiger partial charge on any atom is 0.220 e. The van der Waals surface area contributed by atoms with Crippen LogP contribution >= 0.6 is 0 Å². The number of hydrogen-bond acceptors (Lipinski definition) is 0. The summed E-state index contributed by atoms with van der Waals surface area (Å²) in [5.41, 5.74) is 6.62. The van der Waals surface area contributed by atoms with Gasteiger partial charge in [-0.15, -0.1) is 0 Å². The average Bonchev–Trinajstić information content (AvgIpc) is 2.47. The van der Waals surface area contributed by atoms with E-state index >= 15 is 0 Å². The third kappa shape index (κ3) is 1.82. The lowest BCUT2D eigenvalue weighted by atomic mass is 9.96. The standard InChI is InChI=1S/C19H20N/c1-13-9-5-6-10-16(13)19-18-12-8-7-11-17(18)14(2)15(3)20(19)4/h5-12H,1-4H3/q+1. The fraction of sp³-hybridized carbons (Fsp3) is 0.211. The van der Waals surface area contributed by atoms with Crippen molar-refractivity contribution in [1.29, 1.82) is 0 Å². The van der Waals surface area contributed by atoms with Crippen molar-refractivity contribution in [1.82, 2.24) is 0 Å². The van der Waals surface area contributed by atoms with Crippen molar-refractivity contribution in [2.45, 2.75) is 20.8 Å². The molecule has 1 heteroatoms. The van der Waals surface area contributed by atoms with Gasteiger partial charge in [0.05, 0.1) is 5.39 Å². The molecule has 0 radical (unpaired) electrons. The molecule has 20 heavy (non-hydrogen) atoms. The molecule has 0 spiro atoms. The zero-order valence-electron chi connectivity index (χ0n) is 12.6. The second kappa shape index (κ2) is 4.75. The second-order valence-electron chi connectivity index (χ2n) is 5.48. The Bertz CT molecular complexity index is 800. The molecular formula is C19H20N+. The zero-order valence-corrected chi connectivity index (χ0v) is 12.6. The van der Waals surface area contributed by atoms with Crippen LogP contribution in [0.1, 0.15) is 16.8 Å². The lowest BCUT2D eigenvalue weighted by Crippen LogP contribution is -2.36. The molecule has 0 bridgehead atoms. The number of aromatic nitrogens is 1. The molecule has 0 fully saturated rings. The number of hydrogen-bond donors (Lipinski definition) is 0. The van der Waals surface area contributed by atoms with E-state index in [4.69, 9.17) is 0 Å². The fourth-order valence-electron chi connectivity index (χ4n) is 2.98. The summed E-state index contributed by atoms with van der Waals surface area (Å²) in [5.74, 6) is 0. The van der Waals surface area contributed by atoms with Gasteiger partial charge in [0, 0.05) is 18.1 Å². The second-order valence-corrected chi connectivity index (χ2v) is 5.48. The Morgan fingerprint density at radius 2 is 1.35 bits per heavy atom. The van der Waals surface area contributed by atoms with Gasteiger partial charge in [0.1, 0.15) is 7.05 Å². The first-order valence-electron chi connectivity index (χ1n) is 7.05. The van der Waals surface area contributed by atoms with Gasteiger partial charge in [-0.25, -0.2) is 0 Å². The maximum atomic E-state index is 2.32. The summed E-state index contributed by atoms with van der Waals surface area (Å²) in [4.78, 5) is 0. The predicted octanol–water partition coefficient (Wildman–Crippen LogP) is 4.26. The van der Waals surface area contributed by atoms with Gasteiger partial charge >= 0.3 is 0 Å². The molecule has 0 saturated carbocycles. The van der Waals surface area contributed by atoms with Crippen LogP contribution in [0.2, 0.25) is 0 Å². The molecule has 3 aromatic rings. The van der Waals surface area contributed by atoms with E-state index in [-0.39, 0.29) is 0 Å². The summed E-state index contributed by atoms with van der Waals surface area (Å²) in [6.07, 6.45) is 0. The van der Waals surface area contributed by atoms with Crippen molar-refractivity contribution in [3.8, 4) is 11.3 Å². The van der Waals surface area contributed by atoms with E-state index in [0.29, 0.717) is 0 Å². The van der Waals surface area contributed by atoms with Crippen LogP contribution in [0.4, 0.5) is 0 Å². The molecule has 1 heterocycles. The molecule has 2 aromatic carbocycles. The molecule has 0 aliphatic rings. The van der Waals surface area contributed by atoms with Gasteiger partial charge in [0.15, 0.2) is 5.69 Å². The van der Waals surface area contributed by atoms with Crippen molar-refractivity contribution in [3.05, 3.63) is 65.4 Å². The van der Waals surface area contributed by atoms with Crippen LogP contribution in [0.5, 0.6) is 0 Å². The molecule has 100 valence electrons. The van der Waals surface area contributed by atoms with Crippen LogP contribution in [0.3, 0.4) is 0 Å². The Morgan fingerprint density at radius 1 is 0.750 bits per heavy atom. The van der Waals surface area contributed by atoms with Gasteiger partial charge in [-0.2, -0.15) is 4.57 Å². The third-order valence-corrected chi connectivity index (χ3v) is 4.37. The van der Waals surface area contributed by atoms with E-state index in [2.05, 4.69) is 80.9 Å². The summed E-state index contributed by atoms with van der Waals surface area (Å²) in [6.45, 7) is 6.59. The van der Waals surface area contributed by atoms with Gasteiger partial charge in [-0.1, -0.05) is 36.4 Å². The average molecular weight is 262 g/mol. The lowest BCUT2D eigenvalue weighted by molar-refractivity contribution is -0.665. The van der Waals surface area contributed by atoms with Gasteiger partial charge in [0.25, 0.3) is 0 Å². The van der Waals surface area contributed by atoms with Gasteiger partial charge < -0.3 is 0 Å². The lowest BCUT2D eigenvalue weighted by Gasteiger charge is -2.12. The SMILES string of the molecule is Cc1ccccc1-c1c2ccccc2c(C)c(C)[n+]1C. The van der Waals surface area contributed by atoms with E-state index in [1.807, 2.05) is 0 Å². The number of pyridine rings is 1. The van der Waals surface area contributed by atoms with Gasteiger partial charge in [-0.05, 0) is 36.9 Å². The summed E-state index contributed by atoms with van der Waals surface area (Å²) in [5, 5.41) is 2.67. The Labute approximate surface area is 120 Å². The molecule has 0 saturated heterocycles. The summed E-state index contributed by atoms with van der Waals surface area (Å²) >= 11 is 0. The molecule has 0 amide bonds. The van der Waals surface area contributed by atoms with E-state index in [0.717, 1.165) is 0 Å². The minimum atomic E-state index is 1.31. The molecule has 0 N–H and O–H groups in total. The van der Waals surface area contributed by atoms with Gasteiger partial charge in [0.2, 0.25) is 5.69 Å². The smallest absolute Gasteiger partial charge is 0.198 e. The predicted molar refractivity (Wildman–Crippen MR) is 84.8 cm³/mol. The highest BCUT2D eigenvalue weighted by molar-refractivity contribution is 5.95.